The fraction of sp³-hybridized carbons (Fsp3) is 0.316. The van der Waals surface area contributed by atoms with Gasteiger partial charge in [-0.1, -0.05) is 24.3 Å². The smallest absolute Gasteiger partial charge is 0.193 e. The predicted octanol–water partition coefficient (Wildman–Crippen LogP) is 3.42. The summed E-state index contributed by atoms with van der Waals surface area (Å²) in [4.78, 5) is 4.65. The normalized spacial score (nSPS) is 22.4. The Labute approximate surface area is 136 Å². The van der Waals surface area contributed by atoms with Gasteiger partial charge in [0, 0.05) is 11.3 Å². The molecule has 0 spiro atoms. The van der Waals surface area contributed by atoms with Crippen LogP contribution in [0.4, 0.5) is 5.69 Å². The standard InChI is InChI=1S/C19H21N3O/c1-12-18(16-7-2-3-8-17(16)23-12)22-19(20)21-15-10-9-13-5-4-6-14(13)11-15/h2-3,7-12,18H,4-6H2,1H3,(H3,20,21,22). The van der Waals surface area contributed by atoms with Crippen molar-refractivity contribution in [2.24, 2.45) is 10.7 Å². The highest BCUT2D eigenvalue weighted by Gasteiger charge is 2.30. The quantitative estimate of drug-likeness (QED) is 0.660. The van der Waals surface area contributed by atoms with E-state index in [1.807, 2.05) is 25.1 Å². The maximum absolute atomic E-state index is 6.13. The van der Waals surface area contributed by atoms with Crippen molar-refractivity contribution < 1.29 is 4.74 Å². The van der Waals surface area contributed by atoms with Crippen LogP contribution in [0.25, 0.3) is 0 Å². The van der Waals surface area contributed by atoms with Crippen LogP contribution in [0.3, 0.4) is 0 Å². The molecule has 2 aliphatic rings. The molecule has 118 valence electrons. The number of hydrogen-bond donors (Lipinski definition) is 2. The van der Waals surface area contributed by atoms with Gasteiger partial charge < -0.3 is 15.8 Å². The highest BCUT2D eigenvalue weighted by atomic mass is 16.5. The number of rotatable bonds is 2. The zero-order valence-electron chi connectivity index (χ0n) is 13.3. The summed E-state index contributed by atoms with van der Waals surface area (Å²) in [6, 6.07) is 14.4. The Kier molecular flexibility index (Phi) is 3.45. The molecule has 2 aromatic carbocycles. The number of fused-ring (bicyclic) bond motifs is 2. The molecule has 2 aromatic rings. The number of aliphatic imine (C=N–C) groups is 1. The largest absolute Gasteiger partial charge is 0.488 e. The molecule has 1 heterocycles. The summed E-state index contributed by atoms with van der Waals surface area (Å²) in [7, 11) is 0. The van der Waals surface area contributed by atoms with Crippen molar-refractivity contribution in [1.29, 1.82) is 0 Å². The number of guanidine groups is 1. The second-order valence-corrected chi connectivity index (χ2v) is 6.28. The number of nitrogens with one attached hydrogen (secondary N) is 1. The molecule has 0 radical (unpaired) electrons. The third-order valence-electron chi connectivity index (χ3n) is 4.64. The van der Waals surface area contributed by atoms with E-state index in [1.54, 1.807) is 0 Å². The Hall–Kier alpha value is -2.49. The van der Waals surface area contributed by atoms with Crippen LogP contribution < -0.4 is 15.8 Å². The summed E-state index contributed by atoms with van der Waals surface area (Å²) in [6.45, 7) is 2.02. The zero-order chi connectivity index (χ0) is 15.8. The average Bonchev–Trinajstić information content (AvgIpc) is 3.12. The van der Waals surface area contributed by atoms with Crippen LogP contribution in [0, 0.1) is 0 Å². The number of aryl methyl sites for hydroxylation is 2. The van der Waals surface area contributed by atoms with Crippen molar-refractivity contribution in [3.63, 3.8) is 0 Å². The first-order chi connectivity index (χ1) is 11.2. The lowest BCUT2D eigenvalue weighted by Crippen LogP contribution is -2.25. The van der Waals surface area contributed by atoms with Crippen LogP contribution >= 0.6 is 0 Å². The minimum Gasteiger partial charge on any atom is -0.488 e. The van der Waals surface area contributed by atoms with Gasteiger partial charge >= 0.3 is 0 Å². The molecule has 0 saturated carbocycles. The highest BCUT2D eigenvalue weighted by molar-refractivity contribution is 5.92. The molecule has 1 aliphatic carbocycles. The molecular formula is C19H21N3O. The topological polar surface area (TPSA) is 59.6 Å². The van der Waals surface area contributed by atoms with E-state index in [0.29, 0.717) is 5.96 Å². The Morgan fingerprint density at radius 3 is 2.91 bits per heavy atom. The van der Waals surface area contributed by atoms with Gasteiger partial charge in [0.1, 0.15) is 17.9 Å². The third-order valence-corrected chi connectivity index (χ3v) is 4.64. The fourth-order valence-electron chi connectivity index (χ4n) is 3.50. The van der Waals surface area contributed by atoms with Crippen molar-refractivity contribution in [1.82, 2.24) is 0 Å². The first-order valence-electron chi connectivity index (χ1n) is 8.18. The highest BCUT2D eigenvalue weighted by Crippen LogP contribution is 2.38. The van der Waals surface area contributed by atoms with E-state index in [9.17, 15) is 0 Å². The second kappa shape index (κ2) is 5.61. The molecule has 1 aliphatic heterocycles. The van der Waals surface area contributed by atoms with Crippen molar-refractivity contribution in [2.75, 3.05) is 5.32 Å². The number of nitrogens with zero attached hydrogens (tertiary/aromatic N) is 1. The lowest BCUT2D eigenvalue weighted by molar-refractivity contribution is 0.229. The fourth-order valence-corrected chi connectivity index (χ4v) is 3.50. The summed E-state index contributed by atoms with van der Waals surface area (Å²) in [6.07, 6.45) is 3.58. The van der Waals surface area contributed by atoms with Crippen molar-refractivity contribution >= 4 is 11.6 Å². The summed E-state index contributed by atoms with van der Waals surface area (Å²) >= 11 is 0. The molecule has 0 fully saturated rings. The van der Waals surface area contributed by atoms with Gasteiger partial charge in [0.15, 0.2) is 5.96 Å². The summed E-state index contributed by atoms with van der Waals surface area (Å²) < 4.78 is 5.84. The van der Waals surface area contributed by atoms with Crippen LogP contribution in [0.1, 0.15) is 36.1 Å². The van der Waals surface area contributed by atoms with E-state index in [-0.39, 0.29) is 12.1 Å². The summed E-state index contributed by atoms with van der Waals surface area (Å²) in [5.41, 5.74) is 11.1. The van der Waals surface area contributed by atoms with Crippen LogP contribution in [0.5, 0.6) is 5.75 Å². The van der Waals surface area contributed by atoms with Crippen LogP contribution in [0.2, 0.25) is 0 Å². The van der Waals surface area contributed by atoms with E-state index in [2.05, 4.69) is 34.6 Å². The number of benzene rings is 2. The molecule has 3 N–H and O–H groups in total. The van der Waals surface area contributed by atoms with Gasteiger partial charge in [-0.2, -0.15) is 0 Å². The Bertz CT molecular complexity index is 769. The molecule has 4 nitrogen and oxygen atoms in total. The molecule has 0 saturated heterocycles. The van der Waals surface area contributed by atoms with Gasteiger partial charge in [-0.25, -0.2) is 4.99 Å². The molecule has 2 unspecified atom stereocenters. The van der Waals surface area contributed by atoms with E-state index in [4.69, 9.17) is 10.5 Å². The summed E-state index contributed by atoms with van der Waals surface area (Å²) in [5, 5.41) is 3.22. The second-order valence-electron chi connectivity index (χ2n) is 6.28. The third kappa shape index (κ3) is 2.65. The number of nitrogens with two attached hydrogens (primary N) is 1. The van der Waals surface area contributed by atoms with Gasteiger partial charge in [0.2, 0.25) is 0 Å². The monoisotopic (exact) mass is 307 g/mol. The molecule has 0 aromatic heterocycles. The minimum atomic E-state index is -0.0619. The van der Waals surface area contributed by atoms with Gasteiger partial charge in [0.25, 0.3) is 0 Å². The van der Waals surface area contributed by atoms with Crippen molar-refractivity contribution in [3.8, 4) is 5.75 Å². The van der Waals surface area contributed by atoms with E-state index in [1.165, 1.54) is 24.0 Å². The Morgan fingerprint density at radius 2 is 2.00 bits per heavy atom. The molecule has 2 atom stereocenters. The van der Waals surface area contributed by atoms with Crippen molar-refractivity contribution in [2.45, 2.75) is 38.3 Å². The van der Waals surface area contributed by atoms with Gasteiger partial charge in [-0.3, -0.25) is 0 Å². The maximum atomic E-state index is 6.13. The lowest BCUT2D eigenvalue weighted by atomic mass is 10.1. The van der Waals surface area contributed by atoms with Crippen LogP contribution in [-0.4, -0.2) is 12.1 Å². The van der Waals surface area contributed by atoms with Gasteiger partial charge in [0.05, 0.1) is 0 Å². The van der Waals surface area contributed by atoms with Gasteiger partial charge in [-0.05, 0) is 55.5 Å². The molecule has 4 heteroatoms. The average molecular weight is 307 g/mol. The number of hydrogen-bond acceptors (Lipinski definition) is 2. The number of anilines is 1. The number of para-hydroxylation sites is 1. The van der Waals surface area contributed by atoms with Crippen LogP contribution in [-0.2, 0) is 12.8 Å². The van der Waals surface area contributed by atoms with E-state index in [0.717, 1.165) is 23.4 Å². The lowest BCUT2D eigenvalue weighted by Gasteiger charge is -2.13. The number of ether oxygens (including phenoxy) is 1. The van der Waals surface area contributed by atoms with Crippen LogP contribution in [0.15, 0.2) is 47.5 Å². The predicted molar refractivity (Wildman–Crippen MR) is 93.0 cm³/mol. The SMILES string of the molecule is CC1Oc2ccccc2C1N=C(N)Nc1ccc2c(c1)CCC2. The summed E-state index contributed by atoms with van der Waals surface area (Å²) in [5.74, 6) is 1.33. The Balaban J connectivity index is 1.55. The van der Waals surface area contributed by atoms with Gasteiger partial charge in [-0.15, -0.1) is 0 Å². The Morgan fingerprint density at radius 1 is 1.17 bits per heavy atom. The molecule has 0 bridgehead atoms. The zero-order valence-corrected chi connectivity index (χ0v) is 13.3. The molecule has 4 rings (SSSR count). The molecule has 23 heavy (non-hydrogen) atoms. The first kappa shape index (κ1) is 14.1. The molecule has 0 amide bonds. The maximum Gasteiger partial charge on any atom is 0.193 e. The first-order valence-corrected chi connectivity index (χ1v) is 8.18. The van der Waals surface area contributed by atoms with E-state index < -0.39 is 0 Å². The van der Waals surface area contributed by atoms with Crippen molar-refractivity contribution in [3.05, 3.63) is 59.2 Å². The van der Waals surface area contributed by atoms with E-state index >= 15 is 0 Å². The minimum absolute atomic E-state index is 0.00669. The molecular weight excluding hydrogens is 286 g/mol.